The van der Waals surface area contributed by atoms with Crippen LogP contribution in [-0.2, 0) is 0 Å². The van der Waals surface area contributed by atoms with Crippen LogP contribution in [0.5, 0.6) is 11.5 Å². The molecule has 0 unspecified atom stereocenters. The fourth-order valence-electron chi connectivity index (χ4n) is 1.27. The first-order valence-electron chi connectivity index (χ1n) is 5.63. The molecule has 1 aromatic rings. The molecule has 4 heteroatoms. The summed E-state index contributed by atoms with van der Waals surface area (Å²) >= 11 is 0. The third kappa shape index (κ3) is 3.22. The minimum absolute atomic E-state index is 0.564. The monoisotopic (exact) mass is 224 g/mol. The summed E-state index contributed by atoms with van der Waals surface area (Å²) in [5.74, 6) is 1.26. The fraction of sp³-hybridized carbons (Fsp3) is 0.500. The molecule has 4 nitrogen and oxygen atoms in total. The Hall–Kier alpha value is -1.58. The van der Waals surface area contributed by atoms with Crippen molar-refractivity contribution in [2.75, 3.05) is 24.7 Å². The normalized spacial score (nSPS) is 10.1. The number of anilines is 2. The summed E-state index contributed by atoms with van der Waals surface area (Å²) in [6.07, 6.45) is 1.88. The Morgan fingerprint density at radius 3 is 1.56 bits per heavy atom. The molecule has 0 radical (unpaired) electrons. The first-order chi connectivity index (χ1) is 7.69. The molecule has 0 aliphatic rings. The van der Waals surface area contributed by atoms with E-state index in [0.717, 1.165) is 12.8 Å². The van der Waals surface area contributed by atoms with Crippen LogP contribution in [0.25, 0.3) is 0 Å². The summed E-state index contributed by atoms with van der Waals surface area (Å²) in [5, 5.41) is 0. The number of hydrogen-bond acceptors (Lipinski definition) is 4. The van der Waals surface area contributed by atoms with E-state index in [1.54, 1.807) is 12.1 Å². The highest BCUT2D eigenvalue weighted by atomic mass is 16.5. The van der Waals surface area contributed by atoms with Crippen molar-refractivity contribution in [1.82, 2.24) is 0 Å². The lowest BCUT2D eigenvalue weighted by Gasteiger charge is -2.13. The van der Waals surface area contributed by atoms with Gasteiger partial charge in [-0.15, -0.1) is 0 Å². The van der Waals surface area contributed by atoms with Crippen LogP contribution in [0.15, 0.2) is 12.1 Å². The van der Waals surface area contributed by atoms with Gasteiger partial charge in [0, 0.05) is 12.1 Å². The SMILES string of the molecule is CCCOc1cc(N)c(OCCC)cc1N. The topological polar surface area (TPSA) is 70.5 Å². The quantitative estimate of drug-likeness (QED) is 0.728. The van der Waals surface area contributed by atoms with Gasteiger partial charge in [-0.25, -0.2) is 0 Å². The molecule has 0 heterocycles. The third-order valence-corrected chi connectivity index (χ3v) is 2.07. The van der Waals surface area contributed by atoms with E-state index in [1.807, 2.05) is 13.8 Å². The Kier molecular flexibility index (Phi) is 4.76. The Bertz CT molecular complexity index is 306. The van der Waals surface area contributed by atoms with Crippen molar-refractivity contribution in [3.8, 4) is 11.5 Å². The van der Waals surface area contributed by atoms with Gasteiger partial charge in [0.25, 0.3) is 0 Å². The van der Waals surface area contributed by atoms with Crippen molar-refractivity contribution in [1.29, 1.82) is 0 Å². The van der Waals surface area contributed by atoms with E-state index in [1.165, 1.54) is 0 Å². The van der Waals surface area contributed by atoms with Gasteiger partial charge >= 0.3 is 0 Å². The number of rotatable bonds is 6. The van der Waals surface area contributed by atoms with Crippen LogP contribution in [0.3, 0.4) is 0 Å². The predicted octanol–water partition coefficient (Wildman–Crippen LogP) is 2.43. The molecule has 0 bridgehead atoms. The zero-order valence-corrected chi connectivity index (χ0v) is 9.95. The highest BCUT2D eigenvalue weighted by molar-refractivity contribution is 5.67. The van der Waals surface area contributed by atoms with Crippen molar-refractivity contribution in [2.24, 2.45) is 0 Å². The molecular weight excluding hydrogens is 204 g/mol. The number of hydrogen-bond donors (Lipinski definition) is 2. The average molecular weight is 224 g/mol. The van der Waals surface area contributed by atoms with Crippen LogP contribution >= 0.6 is 0 Å². The lowest BCUT2D eigenvalue weighted by molar-refractivity contribution is 0.311. The number of ether oxygens (including phenoxy) is 2. The second kappa shape index (κ2) is 6.10. The molecule has 16 heavy (non-hydrogen) atoms. The van der Waals surface area contributed by atoms with Crippen molar-refractivity contribution in [3.63, 3.8) is 0 Å². The van der Waals surface area contributed by atoms with E-state index in [2.05, 4.69) is 0 Å². The molecule has 0 atom stereocenters. The first-order valence-corrected chi connectivity index (χ1v) is 5.63. The Balaban J connectivity index is 2.79. The van der Waals surface area contributed by atoms with Gasteiger partial charge in [-0.1, -0.05) is 13.8 Å². The van der Waals surface area contributed by atoms with E-state index >= 15 is 0 Å². The lowest BCUT2D eigenvalue weighted by atomic mass is 10.2. The van der Waals surface area contributed by atoms with E-state index in [4.69, 9.17) is 20.9 Å². The van der Waals surface area contributed by atoms with Crippen molar-refractivity contribution >= 4 is 11.4 Å². The van der Waals surface area contributed by atoms with Gasteiger partial charge in [-0.2, -0.15) is 0 Å². The van der Waals surface area contributed by atoms with Crippen LogP contribution in [-0.4, -0.2) is 13.2 Å². The van der Waals surface area contributed by atoms with Gasteiger partial charge in [0.1, 0.15) is 11.5 Å². The minimum Gasteiger partial charge on any atom is -0.491 e. The molecule has 0 spiro atoms. The average Bonchev–Trinajstić information content (AvgIpc) is 2.28. The Labute approximate surface area is 96.5 Å². The molecule has 1 rings (SSSR count). The molecule has 0 aliphatic carbocycles. The number of benzene rings is 1. The second-order valence-corrected chi connectivity index (χ2v) is 3.62. The molecule has 1 aromatic carbocycles. The standard InChI is InChI=1S/C12H20N2O2/c1-3-5-15-11-7-10(14)12(8-9(11)13)16-6-4-2/h7-8H,3-6,13-14H2,1-2H3. The van der Waals surface area contributed by atoms with E-state index in [9.17, 15) is 0 Å². The molecular formula is C12H20N2O2. The number of nitrogen functional groups attached to an aromatic ring is 2. The number of nitrogens with two attached hydrogens (primary N) is 2. The fourth-order valence-corrected chi connectivity index (χ4v) is 1.27. The Morgan fingerprint density at radius 1 is 0.875 bits per heavy atom. The molecule has 0 saturated heterocycles. The predicted molar refractivity (Wildman–Crippen MR) is 66.8 cm³/mol. The van der Waals surface area contributed by atoms with Crippen LogP contribution in [0.1, 0.15) is 26.7 Å². The van der Waals surface area contributed by atoms with Gasteiger partial charge in [-0.05, 0) is 12.8 Å². The van der Waals surface area contributed by atoms with Crippen LogP contribution in [0.2, 0.25) is 0 Å². The first kappa shape index (κ1) is 12.5. The lowest BCUT2D eigenvalue weighted by Crippen LogP contribution is -2.03. The summed E-state index contributed by atoms with van der Waals surface area (Å²) in [7, 11) is 0. The molecule has 0 amide bonds. The maximum absolute atomic E-state index is 5.84. The van der Waals surface area contributed by atoms with Crippen molar-refractivity contribution in [3.05, 3.63) is 12.1 Å². The zero-order chi connectivity index (χ0) is 12.0. The van der Waals surface area contributed by atoms with Gasteiger partial charge in [0.05, 0.1) is 24.6 Å². The van der Waals surface area contributed by atoms with E-state index in [0.29, 0.717) is 36.1 Å². The van der Waals surface area contributed by atoms with E-state index in [-0.39, 0.29) is 0 Å². The van der Waals surface area contributed by atoms with Gasteiger partial charge < -0.3 is 20.9 Å². The highest BCUT2D eigenvalue weighted by Crippen LogP contribution is 2.32. The molecule has 0 saturated carbocycles. The van der Waals surface area contributed by atoms with E-state index < -0.39 is 0 Å². The minimum atomic E-state index is 0.564. The van der Waals surface area contributed by atoms with Gasteiger partial charge in [0.2, 0.25) is 0 Å². The summed E-state index contributed by atoms with van der Waals surface area (Å²) < 4.78 is 10.9. The maximum atomic E-state index is 5.84. The van der Waals surface area contributed by atoms with Gasteiger partial charge in [0.15, 0.2) is 0 Å². The maximum Gasteiger partial charge on any atom is 0.144 e. The molecule has 0 fully saturated rings. The summed E-state index contributed by atoms with van der Waals surface area (Å²) in [5.41, 5.74) is 12.8. The summed E-state index contributed by atoms with van der Waals surface area (Å²) in [6, 6.07) is 3.44. The van der Waals surface area contributed by atoms with Crippen LogP contribution < -0.4 is 20.9 Å². The molecule has 4 N–H and O–H groups in total. The largest absolute Gasteiger partial charge is 0.491 e. The van der Waals surface area contributed by atoms with Crippen molar-refractivity contribution < 1.29 is 9.47 Å². The molecule has 90 valence electrons. The van der Waals surface area contributed by atoms with Crippen molar-refractivity contribution in [2.45, 2.75) is 26.7 Å². The smallest absolute Gasteiger partial charge is 0.144 e. The molecule has 0 aromatic heterocycles. The van der Waals surface area contributed by atoms with Crippen LogP contribution in [0.4, 0.5) is 11.4 Å². The van der Waals surface area contributed by atoms with Crippen LogP contribution in [0, 0.1) is 0 Å². The third-order valence-electron chi connectivity index (χ3n) is 2.07. The second-order valence-electron chi connectivity index (χ2n) is 3.62. The zero-order valence-electron chi connectivity index (χ0n) is 9.95. The van der Waals surface area contributed by atoms with Gasteiger partial charge in [-0.3, -0.25) is 0 Å². The molecule has 0 aliphatic heterocycles. The summed E-state index contributed by atoms with van der Waals surface area (Å²) in [6.45, 7) is 5.36. The summed E-state index contributed by atoms with van der Waals surface area (Å²) in [4.78, 5) is 0. The Morgan fingerprint density at radius 2 is 1.25 bits per heavy atom. The highest BCUT2D eigenvalue weighted by Gasteiger charge is 2.07.